The van der Waals surface area contributed by atoms with Gasteiger partial charge in [-0.1, -0.05) is 20.8 Å². The molecule has 0 aromatic rings. The third-order valence-corrected chi connectivity index (χ3v) is 3.66. The first-order valence-electron chi connectivity index (χ1n) is 6.37. The topological polar surface area (TPSA) is 32.3 Å². The molecule has 1 aliphatic rings. The van der Waals surface area contributed by atoms with Gasteiger partial charge in [0.25, 0.3) is 0 Å². The van der Waals surface area contributed by atoms with Crippen molar-refractivity contribution in [3.8, 4) is 0 Å². The van der Waals surface area contributed by atoms with E-state index in [1.165, 1.54) is 0 Å². The molecule has 3 nitrogen and oxygen atoms in total. The minimum Gasteiger partial charge on any atom is -0.343 e. The van der Waals surface area contributed by atoms with Gasteiger partial charge in [-0.05, 0) is 31.2 Å². The van der Waals surface area contributed by atoms with Crippen LogP contribution in [0.25, 0.3) is 0 Å². The van der Waals surface area contributed by atoms with Gasteiger partial charge in [-0.25, -0.2) is 0 Å². The highest BCUT2D eigenvalue weighted by molar-refractivity contribution is 5.76. The summed E-state index contributed by atoms with van der Waals surface area (Å²) in [5.41, 5.74) is 0.389. The van der Waals surface area contributed by atoms with Gasteiger partial charge in [0.1, 0.15) is 0 Å². The molecule has 1 N–H and O–H groups in total. The number of likely N-dealkylation sites (tertiary alicyclic amines) is 1. The molecule has 0 bridgehead atoms. The van der Waals surface area contributed by atoms with E-state index in [1.807, 2.05) is 11.9 Å². The summed E-state index contributed by atoms with van der Waals surface area (Å²) < 4.78 is 0. The summed E-state index contributed by atoms with van der Waals surface area (Å²) in [5.74, 6) is 1.07. The normalized spacial score (nSPS) is 18.9. The van der Waals surface area contributed by atoms with Crippen LogP contribution in [0.1, 0.15) is 40.0 Å². The van der Waals surface area contributed by atoms with E-state index in [4.69, 9.17) is 0 Å². The molecule has 0 atom stereocenters. The zero-order valence-corrected chi connectivity index (χ0v) is 11.2. The molecule has 0 saturated carbocycles. The summed E-state index contributed by atoms with van der Waals surface area (Å²) >= 11 is 0. The first-order chi connectivity index (χ1) is 7.45. The van der Waals surface area contributed by atoms with Crippen molar-refractivity contribution in [3.63, 3.8) is 0 Å². The number of carbonyl (C=O) groups excluding carboxylic acids is 1. The summed E-state index contributed by atoms with van der Waals surface area (Å²) in [6.45, 7) is 9.59. The molecule has 3 heteroatoms. The quantitative estimate of drug-likeness (QED) is 0.797. The van der Waals surface area contributed by atoms with Gasteiger partial charge in [0.15, 0.2) is 0 Å². The van der Waals surface area contributed by atoms with Crippen molar-refractivity contribution in [2.24, 2.45) is 11.3 Å². The van der Waals surface area contributed by atoms with Crippen LogP contribution in [0.2, 0.25) is 0 Å². The van der Waals surface area contributed by atoms with E-state index in [2.05, 4.69) is 26.1 Å². The highest BCUT2D eigenvalue weighted by Gasteiger charge is 2.29. The first-order valence-corrected chi connectivity index (χ1v) is 6.37. The Labute approximate surface area is 99.6 Å². The van der Waals surface area contributed by atoms with Crippen molar-refractivity contribution in [2.45, 2.75) is 40.0 Å². The van der Waals surface area contributed by atoms with Crippen LogP contribution in [0.4, 0.5) is 0 Å². The van der Waals surface area contributed by atoms with Crippen molar-refractivity contribution < 1.29 is 4.79 Å². The van der Waals surface area contributed by atoms with Crippen LogP contribution in [0.15, 0.2) is 0 Å². The zero-order valence-electron chi connectivity index (χ0n) is 11.2. The summed E-state index contributed by atoms with van der Waals surface area (Å²) in [4.78, 5) is 13.8. The predicted octanol–water partition coefficient (Wildman–Crippen LogP) is 1.88. The van der Waals surface area contributed by atoms with Gasteiger partial charge in [-0.3, -0.25) is 4.79 Å². The molecule has 16 heavy (non-hydrogen) atoms. The first kappa shape index (κ1) is 13.5. The number of carbonyl (C=O) groups is 1. The zero-order chi connectivity index (χ0) is 12.2. The van der Waals surface area contributed by atoms with Crippen LogP contribution >= 0.6 is 0 Å². The van der Waals surface area contributed by atoms with Crippen LogP contribution in [-0.4, -0.2) is 37.5 Å². The average Bonchev–Trinajstić information content (AvgIpc) is 2.25. The van der Waals surface area contributed by atoms with Crippen LogP contribution in [-0.2, 0) is 4.79 Å². The Morgan fingerprint density at radius 3 is 2.31 bits per heavy atom. The molecule has 0 radical (unpaired) electrons. The number of rotatable bonds is 3. The monoisotopic (exact) mass is 226 g/mol. The molecule has 0 unspecified atom stereocenters. The van der Waals surface area contributed by atoms with E-state index < -0.39 is 0 Å². The second-order valence-electron chi connectivity index (χ2n) is 5.87. The Bertz CT molecular complexity index is 225. The van der Waals surface area contributed by atoms with Crippen molar-refractivity contribution in [1.82, 2.24) is 10.2 Å². The molecular formula is C13H26N2O. The minimum absolute atomic E-state index is 0.307. The average molecular weight is 226 g/mol. The molecule has 1 heterocycles. The van der Waals surface area contributed by atoms with Gasteiger partial charge >= 0.3 is 0 Å². The molecule has 0 spiro atoms. The van der Waals surface area contributed by atoms with Gasteiger partial charge in [0.2, 0.25) is 5.91 Å². The van der Waals surface area contributed by atoms with E-state index in [0.29, 0.717) is 17.7 Å². The molecule has 0 aliphatic carbocycles. The smallest absolute Gasteiger partial charge is 0.223 e. The van der Waals surface area contributed by atoms with E-state index in [9.17, 15) is 4.79 Å². The van der Waals surface area contributed by atoms with E-state index in [0.717, 1.165) is 38.4 Å². The molecule has 1 aliphatic heterocycles. The summed E-state index contributed by atoms with van der Waals surface area (Å²) in [7, 11) is 1.89. The lowest BCUT2D eigenvalue weighted by Gasteiger charge is -2.38. The van der Waals surface area contributed by atoms with Gasteiger partial charge in [-0.15, -0.1) is 0 Å². The lowest BCUT2D eigenvalue weighted by molar-refractivity contribution is -0.133. The highest BCUT2D eigenvalue weighted by atomic mass is 16.2. The van der Waals surface area contributed by atoms with Gasteiger partial charge in [0.05, 0.1) is 0 Å². The van der Waals surface area contributed by atoms with Crippen molar-refractivity contribution in [1.29, 1.82) is 0 Å². The Balaban J connectivity index is 2.34. The van der Waals surface area contributed by atoms with E-state index >= 15 is 0 Å². The fourth-order valence-corrected chi connectivity index (χ4v) is 2.38. The molecule has 1 amide bonds. The van der Waals surface area contributed by atoms with Crippen LogP contribution in [0.5, 0.6) is 0 Å². The second-order valence-corrected chi connectivity index (χ2v) is 5.87. The lowest BCUT2D eigenvalue weighted by Crippen LogP contribution is -2.42. The highest BCUT2D eigenvalue weighted by Crippen LogP contribution is 2.34. The maximum absolute atomic E-state index is 11.8. The fourth-order valence-electron chi connectivity index (χ4n) is 2.38. The number of hydrogen-bond acceptors (Lipinski definition) is 2. The molecule has 94 valence electrons. The number of amides is 1. The number of nitrogens with one attached hydrogen (secondary N) is 1. The standard InChI is InChI=1S/C13H26N2O/c1-13(2,3)11-6-9-15(10-7-11)12(16)5-8-14-4/h11,14H,5-10H2,1-4H3. The molecule has 1 saturated heterocycles. The van der Waals surface area contributed by atoms with Crippen LogP contribution in [0, 0.1) is 11.3 Å². The summed E-state index contributed by atoms with van der Waals surface area (Å²) in [5, 5.41) is 3.02. The molecule has 0 aromatic heterocycles. The number of piperidine rings is 1. The Hall–Kier alpha value is -0.570. The second kappa shape index (κ2) is 5.67. The lowest BCUT2D eigenvalue weighted by atomic mass is 9.75. The van der Waals surface area contributed by atoms with Crippen molar-refractivity contribution in [2.75, 3.05) is 26.7 Å². The maximum atomic E-state index is 11.8. The van der Waals surface area contributed by atoms with Crippen molar-refractivity contribution in [3.05, 3.63) is 0 Å². The van der Waals surface area contributed by atoms with E-state index in [-0.39, 0.29) is 0 Å². The number of hydrogen-bond donors (Lipinski definition) is 1. The fraction of sp³-hybridized carbons (Fsp3) is 0.923. The number of nitrogens with zero attached hydrogens (tertiary/aromatic N) is 1. The maximum Gasteiger partial charge on any atom is 0.223 e. The third kappa shape index (κ3) is 3.78. The van der Waals surface area contributed by atoms with Gasteiger partial charge in [0, 0.05) is 26.1 Å². The summed E-state index contributed by atoms with van der Waals surface area (Å²) in [6.07, 6.45) is 2.96. The van der Waals surface area contributed by atoms with Gasteiger partial charge in [-0.2, -0.15) is 0 Å². The SMILES string of the molecule is CNCCC(=O)N1CCC(C(C)(C)C)CC1. The van der Waals surface area contributed by atoms with Gasteiger partial charge < -0.3 is 10.2 Å². The molecule has 1 fully saturated rings. The minimum atomic E-state index is 0.307. The summed E-state index contributed by atoms with van der Waals surface area (Å²) in [6, 6.07) is 0. The molecule has 1 rings (SSSR count). The van der Waals surface area contributed by atoms with Crippen LogP contribution in [0.3, 0.4) is 0 Å². The molecule has 0 aromatic carbocycles. The predicted molar refractivity (Wildman–Crippen MR) is 67.3 cm³/mol. The van der Waals surface area contributed by atoms with E-state index in [1.54, 1.807) is 0 Å². The largest absolute Gasteiger partial charge is 0.343 e. The van der Waals surface area contributed by atoms with Crippen molar-refractivity contribution >= 4 is 5.91 Å². The molecular weight excluding hydrogens is 200 g/mol. The Morgan fingerprint density at radius 2 is 1.88 bits per heavy atom. The Kier molecular flexibility index (Phi) is 4.78. The van der Waals surface area contributed by atoms with Crippen LogP contribution < -0.4 is 5.32 Å². The Morgan fingerprint density at radius 1 is 1.31 bits per heavy atom. The third-order valence-electron chi connectivity index (χ3n) is 3.66.